The fraction of sp³-hybridized carbons (Fsp3) is 0.0500. The Morgan fingerprint density at radius 3 is 2.43 bits per heavy atom. The molecular weight excluding hydrogens is 400 g/mol. The smallest absolute Gasteiger partial charge is 0.266 e. The van der Waals surface area contributed by atoms with Gasteiger partial charge in [-0.2, -0.15) is 4.98 Å². The number of benzene rings is 2. The molecule has 0 aliphatic carbocycles. The lowest BCUT2D eigenvalue weighted by Gasteiger charge is -2.07. The molecular formula is C20H15ClN2O4S. The average molecular weight is 415 g/mol. The van der Waals surface area contributed by atoms with Gasteiger partial charge in [-0.3, -0.25) is 0 Å². The van der Waals surface area contributed by atoms with Crippen molar-refractivity contribution in [2.24, 2.45) is 0 Å². The van der Waals surface area contributed by atoms with Crippen molar-refractivity contribution in [3.63, 3.8) is 0 Å². The fourth-order valence-corrected chi connectivity index (χ4v) is 4.14. The van der Waals surface area contributed by atoms with Crippen molar-refractivity contribution in [3.8, 4) is 11.7 Å². The first-order chi connectivity index (χ1) is 13.6. The minimum absolute atomic E-state index is 0.0233. The van der Waals surface area contributed by atoms with Gasteiger partial charge in [0, 0.05) is 11.6 Å². The van der Waals surface area contributed by atoms with Crippen LogP contribution in [-0.4, -0.2) is 13.4 Å². The highest BCUT2D eigenvalue weighted by molar-refractivity contribution is 7.91. The van der Waals surface area contributed by atoms with Gasteiger partial charge in [-0.1, -0.05) is 48.0 Å². The second kappa shape index (κ2) is 7.53. The molecule has 0 atom stereocenters. The van der Waals surface area contributed by atoms with Crippen molar-refractivity contribution in [3.05, 3.63) is 83.6 Å². The molecule has 2 aromatic carbocycles. The normalized spacial score (nSPS) is 11.5. The van der Waals surface area contributed by atoms with Crippen LogP contribution >= 0.6 is 11.6 Å². The number of rotatable bonds is 6. The summed E-state index contributed by atoms with van der Waals surface area (Å²) in [6.07, 6.45) is 1.46. The van der Waals surface area contributed by atoms with Crippen LogP contribution in [0.15, 0.2) is 91.7 Å². The third kappa shape index (κ3) is 3.54. The zero-order valence-corrected chi connectivity index (χ0v) is 16.1. The predicted octanol–water partition coefficient (Wildman–Crippen LogP) is 5.03. The van der Waals surface area contributed by atoms with E-state index in [4.69, 9.17) is 20.4 Å². The fourth-order valence-electron chi connectivity index (χ4n) is 2.63. The molecule has 2 heterocycles. The minimum atomic E-state index is -3.90. The van der Waals surface area contributed by atoms with E-state index in [-0.39, 0.29) is 28.2 Å². The molecule has 0 saturated carbocycles. The summed E-state index contributed by atoms with van der Waals surface area (Å²) in [5.41, 5.74) is 0.795. The zero-order valence-electron chi connectivity index (χ0n) is 14.5. The van der Waals surface area contributed by atoms with Crippen LogP contribution < -0.4 is 5.32 Å². The first kappa shape index (κ1) is 18.3. The van der Waals surface area contributed by atoms with Gasteiger partial charge in [-0.15, -0.1) is 0 Å². The van der Waals surface area contributed by atoms with Gasteiger partial charge in [0.25, 0.3) is 5.89 Å². The number of nitrogens with one attached hydrogen (secondary N) is 1. The Bertz CT molecular complexity index is 1190. The van der Waals surface area contributed by atoms with E-state index in [1.807, 2.05) is 18.2 Å². The number of halogens is 1. The van der Waals surface area contributed by atoms with E-state index in [1.165, 1.54) is 18.4 Å². The third-order valence-electron chi connectivity index (χ3n) is 4.03. The van der Waals surface area contributed by atoms with Crippen molar-refractivity contribution in [1.29, 1.82) is 0 Å². The maximum Gasteiger partial charge on any atom is 0.266 e. The molecule has 0 saturated heterocycles. The molecule has 8 heteroatoms. The molecule has 6 nitrogen and oxygen atoms in total. The summed E-state index contributed by atoms with van der Waals surface area (Å²) in [7, 11) is -3.90. The summed E-state index contributed by atoms with van der Waals surface area (Å²) in [6, 6.07) is 18.6. The van der Waals surface area contributed by atoms with E-state index < -0.39 is 9.84 Å². The van der Waals surface area contributed by atoms with Crippen molar-refractivity contribution in [2.75, 3.05) is 5.32 Å². The Labute approximate surface area is 166 Å². The molecule has 0 bridgehead atoms. The van der Waals surface area contributed by atoms with Crippen LogP contribution in [0, 0.1) is 0 Å². The molecule has 0 fully saturated rings. The molecule has 0 aliphatic heterocycles. The van der Waals surface area contributed by atoms with Crippen LogP contribution in [0.25, 0.3) is 11.7 Å². The molecule has 0 amide bonds. The van der Waals surface area contributed by atoms with E-state index in [1.54, 1.807) is 36.4 Å². The molecule has 4 rings (SSSR count). The lowest BCUT2D eigenvalue weighted by atomic mass is 10.2. The van der Waals surface area contributed by atoms with Crippen LogP contribution in [0.1, 0.15) is 5.56 Å². The molecule has 28 heavy (non-hydrogen) atoms. The molecule has 1 N–H and O–H groups in total. The largest absolute Gasteiger partial charge is 0.459 e. The van der Waals surface area contributed by atoms with Crippen molar-refractivity contribution < 1.29 is 17.3 Å². The number of furan rings is 1. The van der Waals surface area contributed by atoms with Crippen LogP contribution in [0.5, 0.6) is 0 Å². The van der Waals surface area contributed by atoms with Gasteiger partial charge in [0.05, 0.1) is 11.2 Å². The topological polar surface area (TPSA) is 85.3 Å². The predicted molar refractivity (Wildman–Crippen MR) is 105 cm³/mol. The highest BCUT2D eigenvalue weighted by Crippen LogP contribution is 2.33. The van der Waals surface area contributed by atoms with Crippen LogP contribution in [0.2, 0.25) is 5.02 Å². The van der Waals surface area contributed by atoms with E-state index in [0.29, 0.717) is 10.8 Å². The Kier molecular flexibility index (Phi) is 4.93. The quantitative estimate of drug-likeness (QED) is 0.476. The zero-order chi connectivity index (χ0) is 19.6. The molecule has 0 spiro atoms. The highest BCUT2D eigenvalue weighted by atomic mass is 35.5. The number of nitrogens with zero attached hydrogens (tertiary/aromatic N) is 1. The second-order valence-electron chi connectivity index (χ2n) is 5.89. The number of oxazole rings is 1. The van der Waals surface area contributed by atoms with Crippen LogP contribution in [0.4, 0.5) is 5.88 Å². The minimum Gasteiger partial charge on any atom is -0.459 e. The molecule has 2 aromatic heterocycles. The van der Waals surface area contributed by atoms with Gasteiger partial charge >= 0.3 is 0 Å². The van der Waals surface area contributed by atoms with Gasteiger partial charge in [-0.05, 0) is 35.9 Å². The lowest BCUT2D eigenvalue weighted by Crippen LogP contribution is -2.07. The first-order valence-electron chi connectivity index (χ1n) is 8.38. The van der Waals surface area contributed by atoms with E-state index >= 15 is 0 Å². The third-order valence-corrected chi connectivity index (χ3v) is 6.08. The standard InChI is InChI=1S/C20H15ClN2O4S/c21-16-10-5-4-7-14(16)13-22-19-20(23-18(27-19)17-11-6-12-26-17)28(24,25)15-8-2-1-3-9-15/h1-12,22H,13H2. The average Bonchev–Trinajstić information content (AvgIpc) is 3.38. The maximum atomic E-state index is 13.1. The van der Waals surface area contributed by atoms with Crippen molar-refractivity contribution in [2.45, 2.75) is 16.5 Å². The molecule has 4 aromatic rings. The van der Waals surface area contributed by atoms with E-state index in [2.05, 4.69) is 10.3 Å². The van der Waals surface area contributed by atoms with E-state index in [9.17, 15) is 8.42 Å². The van der Waals surface area contributed by atoms with Gasteiger partial charge in [0.1, 0.15) is 0 Å². The highest BCUT2D eigenvalue weighted by Gasteiger charge is 2.29. The van der Waals surface area contributed by atoms with Gasteiger partial charge in [-0.25, -0.2) is 8.42 Å². The summed E-state index contributed by atoms with van der Waals surface area (Å²) >= 11 is 6.18. The summed E-state index contributed by atoms with van der Waals surface area (Å²) in [6.45, 7) is 0.268. The monoisotopic (exact) mass is 414 g/mol. The molecule has 142 valence electrons. The Hall–Kier alpha value is -3.03. The summed E-state index contributed by atoms with van der Waals surface area (Å²) in [5, 5.41) is 3.35. The Morgan fingerprint density at radius 2 is 1.71 bits per heavy atom. The number of aromatic nitrogens is 1. The van der Waals surface area contributed by atoms with Crippen LogP contribution in [-0.2, 0) is 16.4 Å². The van der Waals surface area contributed by atoms with Gasteiger partial charge in [0.2, 0.25) is 20.7 Å². The van der Waals surface area contributed by atoms with Gasteiger partial charge < -0.3 is 14.2 Å². The lowest BCUT2D eigenvalue weighted by molar-refractivity contribution is 0.522. The molecule has 0 unspecified atom stereocenters. The molecule has 0 aliphatic rings. The SMILES string of the molecule is O=S(=O)(c1ccccc1)c1nc(-c2ccco2)oc1NCc1ccccc1Cl. The summed E-state index contributed by atoms with van der Waals surface area (Å²) < 4.78 is 37.2. The first-order valence-corrected chi connectivity index (χ1v) is 10.2. The van der Waals surface area contributed by atoms with E-state index in [0.717, 1.165) is 5.56 Å². The second-order valence-corrected chi connectivity index (χ2v) is 8.16. The number of anilines is 1. The number of sulfone groups is 1. The van der Waals surface area contributed by atoms with Gasteiger partial charge in [0.15, 0.2) is 5.76 Å². The number of hydrogen-bond donors (Lipinski definition) is 1. The Morgan fingerprint density at radius 1 is 0.964 bits per heavy atom. The molecule has 0 radical (unpaired) electrons. The summed E-state index contributed by atoms with van der Waals surface area (Å²) in [4.78, 5) is 4.31. The van der Waals surface area contributed by atoms with Crippen LogP contribution in [0.3, 0.4) is 0 Å². The Balaban J connectivity index is 1.75. The maximum absolute atomic E-state index is 13.1. The summed E-state index contributed by atoms with van der Waals surface area (Å²) in [5.74, 6) is 0.423. The van der Waals surface area contributed by atoms with Crippen molar-refractivity contribution in [1.82, 2.24) is 4.98 Å². The van der Waals surface area contributed by atoms with Crippen molar-refractivity contribution >= 4 is 27.3 Å². The number of hydrogen-bond acceptors (Lipinski definition) is 6.